The Bertz CT molecular complexity index is 1470. The predicted octanol–water partition coefficient (Wildman–Crippen LogP) is 7.69. The third kappa shape index (κ3) is 3.18. The minimum Gasteiger partial charge on any atom is -0.449 e. The molecular formula is C38H47NO4. The number of esters is 2. The summed E-state index contributed by atoms with van der Waals surface area (Å²) in [5.74, 6) is 2.91. The fourth-order valence-corrected chi connectivity index (χ4v) is 11.9. The summed E-state index contributed by atoms with van der Waals surface area (Å²) in [6.07, 6.45) is 20.1. The summed E-state index contributed by atoms with van der Waals surface area (Å²) in [5, 5.41) is 0. The highest BCUT2D eigenvalue weighted by molar-refractivity contribution is 6.00. The maximum Gasteiger partial charge on any atom is 0.339 e. The van der Waals surface area contributed by atoms with Crippen LogP contribution >= 0.6 is 0 Å². The average Bonchev–Trinajstić information content (AvgIpc) is 3.47. The number of cyclic esters (lactones) is 1. The summed E-state index contributed by atoms with van der Waals surface area (Å²) in [7, 11) is 0. The molecule has 228 valence electrons. The van der Waals surface area contributed by atoms with Crippen LogP contribution in [0.2, 0.25) is 0 Å². The molecule has 3 fully saturated rings. The first-order valence-corrected chi connectivity index (χ1v) is 17.4. The number of carbonyl (C=O) groups excluding carboxylic acids is 2. The molecule has 1 aromatic carbocycles. The van der Waals surface area contributed by atoms with Crippen molar-refractivity contribution in [2.75, 3.05) is 6.54 Å². The first-order valence-electron chi connectivity index (χ1n) is 17.4. The van der Waals surface area contributed by atoms with E-state index in [9.17, 15) is 9.59 Å². The highest BCUT2D eigenvalue weighted by atomic mass is 16.6. The molecule has 5 heteroatoms. The first kappa shape index (κ1) is 27.9. The van der Waals surface area contributed by atoms with Crippen molar-refractivity contribution in [1.29, 1.82) is 0 Å². The zero-order valence-corrected chi connectivity index (χ0v) is 26.0. The molecule has 43 heavy (non-hydrogen) atoms. The Labute approximate surface area is 256 Å². The van der Waals surface area contributed by atoms with E-state index in [2.05, 4.69) is 50.3 Å². The number of nitrogens with two attached hydrogens (primary N) is 1. The van der Waals surface area contributed by atoms with Crippen molar-refractivity contribution >= 4 is 11.9 Å². The fraction of sp³-hybridized carbons (Fsp3) is 0.632. The number of rotatable bonds is 7. The molecule has 2 N–H and O–H groups in total. The van der Waals surface area contributed by atoms with E-state index in [1.165, 1.54) is 36.8 Å². The third-order valence-corrected chi connectivity index (χ3v) is 13.1. The topological polar surface area (TPSA) is 78.6 Å². The lowest BCUT2D eigenvalue weighted by Gasteiger charge is -2.72. The highest BCUT2D eigenvalue weighted by Crippen LogP contribution is 2.87. The zero-order valence-electron chi connectivity index (χ0n) is 26.0. The summed E-state index contributed by atoms with van der Waals surface area (Å²) < 4.78 is 13.4. The van der Waals surface area contributed by atoms with Gasteiger partial charge >= 0.3 is 11.9 Å². The summed E-state index contributed by atoms with van der Waals surface area (Å²) >= 11 is 0. The fourth-order valence-electron chi connectivity index (χ4n) is 11.9. The molecule has 8 rings (SSSR count). The maximum atomic E-state index is 14.8. The molecule has 2 aliphatic heterocycles. The molecule has 7 aliphatic rings. The van der Waals surface area contributed by atoms with E-state index in [0.29, 0.717) is 24.3 Å². The van der Waals surface area contributed by atoms with Crippen LogP contribution in [0.5, 0.6) is 0 Å². The summed E-state index contributed by atoms with van der Waals surface area (Å²) in [4.78, 5) is 28.9. The van der Waals surface area contributed by atoms with Crippen molar-refractivity contribution in [2.24, 2.45) is 46.2 Å². The van der Waals surface area contributed by atoms with E-state index in [1.807, 2.05) is 0 Å². The van der Waals surface area contributed by atoms with Crippen molar-refractivity contribution in [2.45, 2.75) is 103 Å². The molecular weight excluding hydrogens is 534 g/mol. The molecule has 0 amide bonds. The number of carbonyl (C=O) groups is 2. The van der Waals surface area contributed by atoms with E-state index in [0.717, 1.165) is 86.2 Å². The van der Waals surface area contributed by atoms with Crippen LogP contribution in [0.3, 0.4) is 0 Å². The van der Waals surface area contributed by atoms with Gasteiger partial charge in [0.25, 0.3) is 0 Å². The molecule has 1 saturated heterocycles. The third-order valence-electron chi connectivity index (χ3n) is 13.1. The largest absolute Gasteiger partial charge is 0.449 e. The summed E-state index contributed by atoms with van der Waals surface area (Å²) in [6, 6.07) is 6.29. The number of benzene rings is 1. The van der Waals surface area contributed by atoms with E-state index in [-0.39, 0.29) is 17.9 Å². The molecule has 1 aromatic rings. The summed E-state index contributed by atoms with van der Waals surface area (Å²) in [5.41, 5.74) is 9.24. The van der Waals surface area contributed by atoms with Crippen LogP contribution < -0.4 is 5.73 Å². The van der Waals surface area contributed by atoms with Gasteiger partial charge < -0.3 is 15.2 Å². The monoisotopic (exact) mass is 581 g/mol. The number of allylic oxidation sites excluding steroid dienone is 4. The summed E-state index contributed by atoms with van der Waals surface area (Å²) in [6.45, 7) is 4.96. The van der Waals surface area contributed by atoms with Gasteiger partial charge in [0.2, 0.25) is 0 Å². The quantitative estimate of drug-likeness (QED) is 0.264. The van der Waals surface area contributed by atoms with Crippen LogP contribution in [0.1, 0.15) is 112 Å². The molecule has 0 radical (unpaired) electrons. The molecule has 5 aliphatic carbocycles. The smallest absolute Gasteiger partial charge is 0.339 e. The number of hydrogen-bond donors (Lipinski definition) is 1. The lowest BCUT2D eigenvalue weighted by atomic mass is 9.28. The molecule has 0 unspecified atom stereocenters. The van der Waals surface area contributed by atoms with Gasteiger partial charge in [-0.1, -0.05) is 74.6 Å². The highest BCUT2D eigenvalue weighted by Gasteiger charge is 2.92. The minimum absolute atomic E-state index is 0.0690. The number of aryl methyl sites for hydroxylation is 1. The molecule has 0 aromatic heterocycles. The molecule has 0 bridgehead atoms. The minimum atomic E-state index is -0.882. The van der Waals surface area contributed by atoms with Crippen LogP contribution in [-0.2, 0) is 26.3 Å². The van der Waals surface area contributed by atoms with Crippen molar-refractivity contribution in [3.8, 4) is 0 Å². The van der Waals surface area contributed by atoms with Crippen molar-refractivity contribution < 1.29 is 19.1 Å². The Hall–Kier alpha value is -2.66. The standard InChI is InChI=1S/C38H47NO4/c1-3-5-18-31-36-20-19-26-27-16-7-12-23-11-6-14-25(32(23)27)22-29(26)37(36,35(41)42-31)30(10-4-2)38(36)28-17-8-13-24(15-9-21-39)33(28)34(40)43-38/h7-8,13,16-18,23,25,27,30,32H,3-6,9-12,14-15,19-22,39H2,1-2H3/b31-18-/t23-,25+,27+,30+,32-,36-,37+,38-/m1/s1. The number of hydrogen-bond acceptors (Lipinski definition) is 5. The van der Waals surface area contributed by atoms with Crippen LogP contribution in [0, 0.1) is 40.4 Å². The average molecular weight is 582 g/mol. The van der Waals surface area contributed by atoms with Gasteiger partial charge in [0, 0.05) is 17.4 Å². The molecule has 2 saturated carbocycles. The maximum absolute atomic E-state index is 14.8. The van der Waals surface area contributed by atoms with E-state index in [1.54, 1.807) is 0 Å². The van der Waals surface area contributed by atoms with Gasteiger partial charge in [-0.3, -0.25) is 4.79 Å². The Balaban J connectivity index is 1.38. The number of unbranched alkanes of at least 4 members (excludes halogenated alkanes) is 1. The Morgan fingerprint density at radius 3 is 2.79 bits per heavy atom. The number of ether oxygens (including phenoxy) is 2. The van der Waals surface area contributed by atoms with Gasteiger partial charge in [0.05, 0.1) is 11.0 Å². The molecule has 8 atom stereocenters. The van der Waals surface area contributed by atoms with Gasteiger partial charge in [-0.15, -0.1) is 0 Å². The van der Waals surface area contributed by atoms with Crippen molar-refractivity contribution in [1.82, 2.24) is 0 Å². The Morgan fingerprint density at radius 2 is 1.98 bits per heavy atom. The van der Waals surface area contributed by atoms with Crippen molar-refractivity contribution in [3.05, 3.63) is 70.0 Å². The lowest BCUT2D eigenvalue weighted by molar-refractivity contribution is -0.278. The van der Waals surface area contributed by atoms with Crippen LogP contribution in [0.4, 0.5) is 0 Å². The van der Waals surface area contributed by atoms with Gasteiger partial charge in [-0.05, 0) is 100 Å². The van der Waals surface area contributed by atoms with Gasteiger partial charge in [-0.25, -0.2) is 4.79 Å². The SMILES string of the molecule is CCC/C=C1\OC(=O)[C@@]23C4=C(CC[C@@]12[C@]1(OC(=O)c2c(CCCN)cccc21)[C@H]3CCC)[C@@H]1C=CC[C@H]2CCC[C@@H](C4)[C@@H]21. The predicted molar refractivity (Wildman–Crippen MR) is 166 cm³/mol. The Kier molecular flexibility index (Phi) is 6.43. The second kappa shape index (κ2) is 9.92. The normalized spacial score (nSPS) is 40.8. The van der Waals surface area contributed by atoms with E-state index >= 15 is 0 Å². The van der Waals surface area contributed by atoms with E-state index < -0.39 is 16.4 Å². The van der Waals surface area contributed by atoms with Crippen molar-refractivity contribution in [3.63, 3.8) is 0 Å². The van der Waals surface area contributed by atoms with Crippen LogP contribution in [0.15, 0.2) is 53.3 Å². The number of fused-ring (bicyclic) bond motifs is 3. The molecule has 5 nitrogen and oxygen atoms in total. The van der Waals surface area contributed by atoms with Gasteiger partial charge in [0.1, 0.15) is 11.2 Å². The van der Waals surface area contributed by atoms with Crippen LogP contribution in [0.25, 0.3) is 0 Å². The van der Waals surface area contributed by atoms with Gasteiger partial charge in [-0.2, -0.15) is 0 Å². The van der Waals surface area contributed by atoms with Gasteiger partial charge in [0.15, 0.2) is 5.60 Å². The molecule has 1 spiro atoms. The molecule has 2 heterocycles. The lowest BCUT2D eigenvalue weighted by Crippen LogP contribution is -2.77. The van der Waals surface area contributed by atoms with E-state index in [4.69, 9.17) is 15.2 Å². The Morgan fingerprint density at radius 1 is 1.12 bits per heavy atom. The van der Waals surface area contributed by atoms with Crippen LogP contribution in [-0.4, -0.2) is 18.5 Å². The second-order valence-electron chi connectivity index (χ2n) is 14.6. The second-order valence-corrected chi connectivity index (χ2v) is 14.6. The first-order chi connectivity index (χ1) is 21.0. The zero-order chi connectivity index (χ0) is 29.6.